The predicted molar refractivity (Wildman–Crippen MR) is 106 cm³/mol. The normalized spacial score (nSPS) is 11.8. The van der Waals surface area contributed by atoms with E-state index in [0.717, 1.165) is 26.1 Å². The molecule has 6 heteroatoms. The van der Waals surface area contributed by atoms with Crippen LogP contribution in [0.2, 0.25) is 0 Å². The summed E-state index contributed by atoms with van der Waals surface area (Å²) in [5.41, 5.74) is 0.974. The molecule has 0 heterocycles. The molecule has 1 aromatic rings. The molecule has 0 aliphatic rings. The first-order chi connectivity index (χ1) is 11.8. The number of carbonyl (C=O) groups is 1. The molecule has 0 spiro atoms. The average Bonchev–Trinajstić information content (AvgIpc) is 2.55. The quantitative estimate of drug-likeness (QED) is 0.382. The average molecular weight is 348 g/mol. The van der Waals surface area contributed by atoms with Crippen LogP contribution in [0.3, 0.4) is 0 Å². The number of benzene rings is 1. The molecular formula is C19H33N5O. The molecule has 25 heavy (non-hydrogen) atoms. The lowest BCUT2D eigenvalue weighted by Gasteiger charge is -2.20. The first kappa shape index (κ1) is 20.8. The van der Waals surface area contributed by atoms with Gasteiger partial charge in [-0.1, -0.05) is 18.2 Å². The standard InChI is InChI=1S/C19H33N5O/c1-6-20-18(22-15-17(25)23-19(2,3)4)21-13-10-14-24(5)16-11-8-7-9-12-16/h7-9,11-12H,6,10,13-15H2,1-5H3,(H,23,25)(H2,20,21,22). The minimum absolute atomic E-state index is 0.0755. The topological polar surface area (TPSA) is 68.8 Å². The van der Waals surface area contributed by atoms with E-state index in [1.807, 2.05) is 45.9 Å². The zero-order chi connectivity index (χ0) is 18.7. The van der Waals surface area contributed by atoms with Crippen LogP contribution < -0.4 is 20.9 Å². The number of nitrogens with zero attached hydrogens (tertiary/aromatic N) is 2. The summed E-state index contributed by atoms with van der Waals surface area (Å²) in [6, 6.07) is 10.3. The lowest BCUT2D eigenvalue weighted by atomic mass is 10.1. The van der Waals surface area contributed by atoms with Crippen molar-refractivity contribution < 1.29 is 4.79 Å². The van der Waals surface area contributed by atoms with Crippen LogP contribution in [0.15, 0.2) is 35.3 Å². The summed E-state index contributed by atoms with van der Waals surface area (Å²) < 4.78 is 0. The fourth-order valence-corrected chi connectivity index (χ4v) is 2.28. The van der Waals surface area contributed by atoms with E-state index in [2.05, 4.69) is 45.0 Å². The van der Waals surface area contributed by atoms with Gasteiger partial charge in [0, 0.05) is 37.9 Å². The first-order valence-electron chi connectivity index (χ1n) is 8.91. The molecule has 6 nitrogen and oxygen atoms in total. The predicted octanol–water partition coefficient (Wildman–Crippen LogP) is 1.98. The largest absolute Gasteiger partial charge is 0.375 e. The molecule has 0 aromatic heterocycles. The van der Waals surface area contributed by atoms with E-state index in [9.17, 15) is 4.79 Å². The van der Waals surface area contributed by atoms with Crippen LogP contribution >= 0.6 is 0 Å². The maximum atomic E-state index is 11.9. The summed E-state index contributed by atoms with van der Waals surface area (Å²) in [5.74, 6) is 0.599. The van der Waals surface area contributed by atoms with Gasteiger partial charge in [0.2, 0.25) is 5.91 Å². The molecule has 0 saturated carbocycles. The number of rotatable bonds is 8. The van der Waals surface area contributed by atoms with E-state index in [0.29, 0.717) is 5.96 Å². The molecule has 0 aliphatic carbocycles. The Kier molecular flexibility index (Phi) is 8.81. The molecule has 0 saturated heterocycles. The van der Waals surface area contributed by atoms with E-state index in [4.69, 9.17) is 0 Å². The molecule has 0 fully saturated rings. The molecule has 1 amide bonds. The third kappa shape index (κ3) is 9.59. The van der Waals surface area contributed by atoms with E-state index >= 15 is 0 Å². The molecule has 0 aliphatic heterocycles. The van der Waals surface area contributed by atoms with Gasteiger partial charge in [0.25, 0.3) is 0 Å². The Bertz CT molecular complexity index is 536. The van der Waals surface area contributed by atoms with Crippen molar-refractivity contribution in [2.45, 2.75) is 39.7 Å². The third-order valence-electron chi connectivity index (χ3n) is 3.40. The van der Waals surface area contributed by atoms with E-state index in [-0.39, 0.29) is 18.0 Å². The maximum absolute atomic E-state index is 11.9. The summed E-state index contributed by atoms with van der Waals surface area (Å²) in [6.45, 7) is 10.5. The molecule has 0 atom stereocenters. The Hall–Kier alpha value is -2.24. The second-order valence-electron chi connectivity index (χ2n) is 7.03. The zero-order valence-corrected chi connectivity index (χ0v) is 16.2. The van der Waals surface area contributed by atoms with Crippen molar-refractivity contribution in [3.05, 3.63) is 30.3 Å². The van der Waals surface area contributed by atoms with Crippen LogP contribution in [0.1, 0.15) is 34.1 Å². The maximum Gasteiger partial charge on any atom is 0.242 e. The van der Waals surface area contributed by atoms with Gasteiger partial charge in [-0.3, -0.25) is 4.79 Å². The highest BCUT2D eigenvalue weighted by molar-refractivity contribution is 5.85. The second-order valence-corrected chi connectivity index (χ2v) is 7.03. The van der Waals surface area contributed by atoms with Crippen molar-refractivity contribution in [2.75, 3.05) is 38.1 Å². The van der Waals surface area contributed by atoms with Crippen molar-refractivity contribution in [3.63, 3.8) is 0 Å². The Balaban J connectivity index is 2.37. The lowest BCUT2D eigenvalue weighted by Crippen LogP contribution is -2.43. The van der Waals surface area contributed by atoms with Crippen LogP contribution in [0, 0.1) is 0 Å². The summed E-state index contributed by atoms with van der Waals surface area (Å²) >= 11 is 0. The van der Waals surface area contributed by atoms with Crippen LogP contribution in [0.25, 0.3) is 0 Å². The highest BCUT2D eigenvalue weighted by atomic mass is 16.2. The van der Waals surface area contributed by atoms with Gasteiger partial charge in [-0.25, -0.2) is 4.99 Å². The number of aliphatic imine (C=N–C) groups is 1. The monoisotopic (exact) mass is 347 g/mol. The molecule has 0 unspecified atom stereocenters. The summed E-state index contributed by atoms with van der Waals surface area (Å²) in [7, 11) is 2.09. The second kappa shape index (κ2) is 10.6. The van der Waals surface area contributed by atoms with Crippen molar-refractivity contribution in [3.8, 4) is 0 Å². The van der Waals surface area contributed by atoms with Gasteiger partial charge in [-0.05, 0) is 46.2 Å². The van der Waals surface area contributed by atoms with Gasteiger partial charge >= 0.3 is 0 Å². The number of nitrogens with one attached hydrogen (secondary N) is 3. The van der Waals surface area contributed by atoms with E-state index < -0.39 is 0 Å². The fourth-order valence-electron chi connectivity index (χ4n) is 2.28. The molecule has 1 aromatic carbocycles. The van der Waals surface area contributed by atoms with Crippen LogP contribution in [0.5, 0.6) is 0 Å². The van der Waals surface area contributed by atoms with E-state index in [1.165, 1.54) is 5.69 Å². The van der Waals surface area contributed by atoms with Crippen molar-refractivity contribution in [1.82, 2.24) is 16.0 Å². The number of hydrogen-bond acceptors (Lipinski definition) is 3. The molecule has 1 rings (SSSR count). The highest BCUT2D eigenvalue weighted by Gasteiger charge is 2.13. The first-order valence-corrected chi connectivity index (χ1v) is 8.91. The number of amides is 1. The van der Waals surface area contributed by atoms with Crippen molar-refractivity contribution >= 4 is 17.6 Å². The Morgan fingerprint density at radius 3 is 2.44 bits per heavy atom. The van der Waals surface area contributed by atoms with Crippen molar-refractivity contribution in [2.24, 2.45) is 4.99 Å². The fraction of sp³-hybridized carbons (Fsp3) is 0.579. The molecule has 140 valence electrons. The number of guanidine groups is 1. The van der Waals surface area contributed by atoms with Crippen LogP contribution in [-0.4, -0.2) is 50.6 Å². The van der Waals surface area contributed by atoms with Gasteiger partial charge in [0.05, 0.1) is 0 Å². The SMILES string of the molecule is CCNC(=NCC(=O)NC(C)(C)C)NCCCN(C)c1ccccc1. The Morgan fingerprint density at radius 2 is 1.84 bits per heavy atom. The minimum Gasteiger partial charge on any atom is -0.375 e. The molecule has 0 bridgehead atoms. The van der Waals surface area contributed by atoms with Gasteiger partial charge < -0.3 is 20.9 Å². The Labute approximate surface area is 152 Å². The van der Waals surface area contributed by atoms with E-state index in [1.54, 1.807) is 0 Å². The highest BCUT2D eigenvalue weighted by Crippen LogP contribution is 2.10. The smallest absolute Gasteiger partial charge is 0.242 e. The third-order valence-corrected chi connectivity index (χ3v) is 3.40. The lowest BCUT2D eigenvalue weighted by molar-refractivity contribution is -0.121. The number of anilines is 1. The van der Waals surface area contributed by atoms with Gasteiger partial charge in [-0.15, -0.1) is 0 Å². The number of carbonyl (C=O) groups excluding carboxylic acids is 1. The van der Waals surface area contributed by atoms with Crippen LogP contribution in [-0.2, 0) is 4.79 Å². The van der Waals surface area contributed by atoms with Crippen molar-refractivity contribution in [1.29, 1.82) is 0 Å². The molecule has 3 N–H and O–H groups in total. The van der Waals surface area contributed by atoms with Gasteiger partial charge in [0.15, 0.2) is 5.96 Å². The Morgan fingerprint density at radius 1 is 1.16 bits per heavy atom. The zero-order valence-electron chi connectivity index (χ0n) is 16.2. The summed E-state index contributed by atoms with van der Waals surface area (Å²) in [5, 5.41) is 9.35. The van der Waals surface area contributed by atoms with Gasteiger partial charge in [-0.2, -0.15) is 0 Å². The van der Waals surface area contributed by atoms with Crippen LogP contribution in [0.4, 0.5) is 5.69 Å². The minimum atomic E-state index is -0.236. The summed E-state index contributed by atoms with van der Waals surface area (Å²) in [6.07, 6.45) is 0.976. The summed E-state index contributed by atoms with van der Waals surface area (Å²) in [4.78, 5) is 18.4. The number of para-hydroxylation sites is 1. The number of hydrogen-bond donors (Lipinski definition) is 3. The molecule has 0 radical (unpaired) electrons. The molecular weight excluding hydrogens is 314 g/mol. The van der Waals surface area contributed by atoms with Gasteiger partial charge in [0.1, 0.15) is 6.54 Å².